The fraction of sp³-hybridized carbons (Fsp3) is 0.429. The molecular weight excluding hydrogens is 582 g/mol. The second-order valence-corrected chi connectivity index (χ2v) is 12.4. The predicted octanol–water partition coefficient (Wildman–Crippen LogP) is 4.72. The molecule has 3 N–H and O–H groups in total. The number of ether oxygens (including phenoxy) is 3. The van der Waals surface area contributed by atoms with Gasteiger partial charge in [-0.2, -0.15) is 15.1 Å². The van der Waals surface area contributed by atoms with Crippen LogP contribution in [0.2, 0.25) is 0 Å². The van der Waals surface area contributed by atoms with E-state index >= 15 is 4.39 Å². The van der Waals surface area contributed by atoms with Crippen LogP contribution in [0.5, 0.6) is 11.6 Å². The van der Waals surface area contributed by atoms with Crippen molar-refractivity contribution in [3.05, 3.63) is 48.8 Å². The first-order chi connectivity index (χ1) is 20.4. The normalized spacial score (nSPS) is 22.5. The Hall–Kier alpha value is -3.84. The zero-order chi connectivity index (χ0) is 30.9. The smallest absolute Gasteiger partial charge is 0.459 e. The third kappa shape index (κ3) is 6.57. The summed E-state index contributed by atoms with van der Waals surface area (Å²) in [6, 6.07) is 11.6. The van der Waals surface area contributed by atoms with E-state index in [0.29, 0.717) is 5.39 Å². The maximum Gasteiger partial charge on any atom is 0.459 e. The van der Waals surface area contributed by atoms with Gasteiger partial charge in [-0.25, -0.2) is 13.9 Å². The molecule has 3 unspecified atom stereocenters. The highest BCUT2D eigenvalue weighted by Gasteiger charge is 2.48. The summed E-state index contributed by atoms with van der Waals surface area (Å²) in [7, 11) is -2.84. The van der Waals surface area contributed by atoms with Crippen molar-refractivity contribution in [3.63, 3.8) is 0 Å². The van der Waals surface area contributed by atoms with Gasteiger partial charge in [-0.05, 0) is 39.1 Å². The Kier molecular flexibility index (Phi) is 8.57. The second kappa shape index (κ2) is 12.0. The lowest BCUT2D eigenvalue weighted by Gasteiger charge is -2.25. The molecule has 1 saturated heterocycles. The number of rotatable bonds is 11. The molecule has 0 radical (unpaired) electrons. The molecule has 0 spiro atoms. The Morgan fingerprint density at radius 1 is 1.23 bits per heavy atom. The molecule has 5 rings (SSSR count). The van der Waals surface area contributed by atoms with Crippen LogP contribution in [-0.2, 0) is 23.4 Å². The van der Waals surface area contributed by atoms with Gasteiger partial charge in [0.25, 0.3) is 0 Å². The topological polar surface area (TPSA) is 162 Å². The standard InChI is InChI=1S/C28H34FN6O7P/c1-16(2)40-25(36)17(3)34-43(37,42-21-12-8-10-18-9-6-7-11-20(18)21)39-14-19-13-28(4,29)26(41-19)35-15-31-22-23(35)32-27(30)33-24(22)38-5/h6-12,15-17,19,26H,13-14H2,1-5H3,(H,34,37)(H2,30,32,33)/t17-,19?,26?,28?,43-/m0/s1. The number of alkyl halides is 1. The lowest BCUT2D eigenvalue weighted by Crippen LogP contribution is -2.36. The summed E-state index contributed by atoms with van der Waals surface area (Å²) in [6.07, 6.45) is -1.17. The zero-order valence-corrected chi connectivity index (χ0v) is 25.3. The van der Waals surface area contributed by atoms with Crippen molar-refractivity contribution in [1.29, 1.82) is 0 Å². The van der Waals surface area contributed by atoms with E-state index in [9.17, 15) is 9.36 Å². The Morgan fingerprint density at radius 2 is 1.98 bits per heavy atom. The highest BCUT2D eigenvalue weighted by Crippen LogP contribution is 2.49. The van der Waals surface area contributed by atoms with Crippen molar-refractivity contribution in [1.82, 2.24) is 24.6 Å². The SMILES string of the molecule is COc1nc(N)nc2c1ncn2C1OC(CO[P@@](=O)(N[C@@H](C)C(=O)OC(C)C)Oc2cccc3ccccc23)CC1(C)F. The Morgan fingerprint density at radius 3 is 2.72 bits per heavy atom. The number of nitrogens with one attached hydrogen (secondary N) is 1. The number of carbonyl (C=O) groups is 1. The number of imidazole rings is 1. The molecule has 5 atom stereocenters. The highest BCUT2D eigenvalue weighted by molar-refractivity contribution is 7.52. The van der Waals surface area contributed by atoms with Gasteiger partial charge in [0.05, 0.1) is 32.3 Å². The summed E-state index contributed by atoms with van der Waals surface area (Å²) < 4.78 is 59.9. The van der Waals surface area contributed by atoms with Gasteiger partial charge in [-0.15, -0.1) is 0 Å². The highest BCUT2D eigenvalue weighted by atomic mass is 31.2. The largest absolute Gasteiger partial charge is 0.479 e. The minimum Gasteiger partial charge on any atom is -0.479 e. The summed E-state index contributed by atoms with van der Waals surface area (Å²) in [5, 5.41) is 4.20. The van der Waals surface area contributed by atoms with Gasteiger partial charge in [0.1, 0.15) is 11.8 Å². The van der Waals surface area contributed by atoms with Gasteiger partial charge in [-0.1, -0.05) is 36.4 Å². The number of nitrogens with zero attached hydrogens (tertiary/aromatic N) is 4. The molecule has 0 bridgehead atoms. The van der Waals surface area contributed by atoms with Crippen molar-refractivity contribution >= 4 is 41.6 Å². The lowest BCUT2D eigenvalue weighted by atomic mass is 10.0. The molecule has 3 heterocycles. The van der Waals surface area contributed by atoms with E-state index in [1.54, 1.807) is 26.0 Å². The molecule has 230 valence electrons. The van der Waals surface area contributed by atoms with Gasteiger partial charge >= 0.3 is 13.7 Å². The summed E-state index contributed by atoms with van der Waals surface area (Å²) in [6.45, 7) is 5.94. The molecule has 43 heavy (non-hydrogen) atoms. The number of aromatic nitrogens is 4. The van der Waals surface area contributed by atoms with E-state index in [-0.39, 0.29) is 47.9 Å². The summed E-state index contributed by atoms with van der Waals surface area (Å²) in [5.41, 5.74) is 4.43. The van der Waals surface area contributed by atoms with Crippen molar-refractivity contribution in [3.8, 4) is 11.6 Å². The molecule has 0 saturated carbocycles. The molecule has 4 aromatic rings. The van der Waals surface area contributed by atoms with Crippen LogP contribution < -0.4 is 20.1 Å². The van der Waals surface area contributed by atoms with Gasteiger partial charge in [-0.3, -0.25) is 13.9 Å². The number of nitrogens with two attached hydrogens (primary N) is 1. The molecule has 2 aromatic heterocycles. The van der Waals surface area contributed by atoms with Gasteiger partial charge < -0.3 is 24.5 Å². The summed E-state index contributed by atoms with van der Waals surface area (Å²) in [4.78, 5) is 25.0. The fourth-order valence-electron chi connectivity index (χ4n) is 4.89. The number of carbonyl (C=O) groups excluding carboxylic acids is 1. The number of fused-ring (bicyclic) bond motifs is 2. The zero-order valence-electron chi connectivity index (χ0n) is 24.4. The molecule has 0 amide bonds. The van der Waals surface area contributed by atoms with Crippen LogP contribution in [0.3, 0.4) is 0 Å². The number of benzene rings is 2. The van der Waals surface area contributed by atoms with Crippen molar-refractivity contribution in [2.75, 3.05) is 19.5 Å². The quantitative estimate of drug-likeness (QED) is 0.176. The number of anilines is 1. The molecule has 1 aliphatic heterocycles. The number of hydrogen-bond acceptors (Lipinski definition) is 11. The third-order valence-electron chi connectivity index (χ3n) is 6.77. The van der Waals surface area contributed by atoms with Crippen molar-refractivity contribution < 1.29 is 37.0 Å². The monoisotopic (exact) mass is 616 g/mol. The van der Waals surface area contributed by atoms with E-state index in [2.05, 4.69) is 20.0 Å². The molecule has 0 aliphatic carbocycles. The third-order valence-corrected chi connectivity index (χ3v) is 8.40. The Balaban J connectivity index is 1.38. The van der Waals surface area contributed by atoms with Crippen LogP contribution in [0, 0.1) is 0 Å². The van der Waals surface area contributed by atoms with Gasteiger partial charge in [0.2, 0.25) is 11.8 Å². The number of methoxy groups -OCH3 is 1. The summed E-state index contributed by atoms with van der Waals surface area (Å²) >= 11 is 0. The number of hydrogen-bond donors (Lipinski definition) is 2. The minimum atomic E-state index is -4.26. The van der Waals surface area contributed by atoms with E-state index < -0.39 is 37.8 Å². The van der Waals surface area contributed by atoms with Crippen molar-refractivity contribution in [2.24, 2.45) is 0 Å². The van der Waals surface area contributed by atoms with E-state index in [0.717, 1.165) is 5.39 Å². The van der Waals surface area contributed by atoms with Gasteiger partial charge in [0.15, 0.2) is 23.1 Å². The second-order valence-electron chi connectivity index (χ2n) is 10.7. The number of esters is 1. The average Bonchev–Trinajstić information content (AvgIpc) is 3.50. The molecule has 13 nitrogen and oxygen atoms in total. The lowest BCUT2D eigenvalue weighted by molar-refractivity contribution is -0.149. The predicted molar refractivity (Wildman–Crippen MR) is 156 cm³/mol. The maximum atomic E-state index is 16.0. The van der Waals surface area contributed by atoms with E-state index in [1.165, 1.54) is 31.9 Å². The number of halogens is 1. The first kappa shape index (κ1) is 30.6. The average molecular weight is 617 g/mol. The van der Waals surface area contributed by atoms with E-state index in [1.807, 2.05) is 30.3 Å². The Bertz CT molecular complexity index is 1680. The molecular formula is C28H34FN6O7P. The molecule has 15 heteroatoms. The van der Waals surface area contributed by atoms with Crippen LogP contribution >= 0.6 is 7.75 Å². The van der Waals surface area contributed by atoms with Crippen molar-refractivity contribution in [2.45, 2.75) is 64.3 Å². The van der Waals surface area contributed by atoms with E-state index in [4.69, 9.17) is 29.0 Å². The van der Waals surface area contributed by atoms with Crippen LogP contribution in [0.4, 0.5) is 10.3 Å². The van der Waals surface area contributed by atoms with Crippen LogP contribution in [0.1, 0.15) is 40.3 Å². The molecule has 1 aliphatic rings. The Labute approximate surface area is 247 Å². The first-order valence-electron chi connectivity index (χ1n) is 13.7. The molecule has 1 fully saturated rings. The first-order valence-corrected chi connectivity index (χ1v) is 15.2. The van der Waals surface area contributed by atoms with Gasteiger partial charge in [0, 0.05) is 11.8 Å². The summed E-state index contributed by atoms with van der Waals surface area (Å²) in [5.74, 6) is -0.304. The van der Waals surface area contributed by atoms with Crippen LogP contribution in [0.25, 0.3) is 21.9 Å². The van der Waals surface area contributed by atoms with Crippen LogP contribution in [0.15, 0.2) is 48.8 Å². The maximum absolute atomic E-state index is 16.0. The molecule has 2 aromatic carbocycles. The minimum absolute atomic E-state index is 0.0766. The van der Waals surface area contributed by atoms with Crippen LogP contribution in [-0.4, -0.2) is 63.1 Å². The number of nitrogen functional groups attached to an aromatic ring is 1. The fourth-order valence-corrected chi connectivity index (χ4v) is 6.43.